The van der Waals surface area contributed by atoms with Crippen LogP contribution in [0.2, 0.25) is 0 Å². The van der Waals surface area contributed by atoms with E-state index in [-0.39, 0.29) is 11.9 Å². The number of nitrogens with one attached hydrogen (secondary N) is 1. The van der Waals surface area contributed by atoms with Crippen molar-refractivity contribution in [3.63, 3.8) is 0 Å². The summed E-state index contributed by atoms with van der Waals surface area (Å²) in [7, 11) is 1.62. The zero-order chi connectivity index (χ0) is 18.8. The van der Waals surface area contributed by atoms with Crippen LogP contribution in [0, 0.1) is 6.92 Å². The summed E-state index contributed by atoms with van der Waals surface area (Å²) in [5.41, 5.74) is 1.50. The van der Waals surface area contributed by atoms with Crippen molar-refractivity contribution in [1.82, 2.24) is 10.2 Å². The maximum Gasteiger partial charge on any atom is 0.287 e. The Bertz CT molecular complexity index is 923. The molecule has 1 aliphatic heterocycles. The molecule has 142 valence electrons. The Kier molecular flexibility index (Phi) is 4.90. The van der Waals surface area contributed by atoms with Crippen LogP contribution in [0.3, 0.4) is 0 Å². The lowest BCUT2D eigenvalue weighted by atomic mass is 10.1. The smallest absolute Gasteiger partial charge is 0.287 e. The Balaban J connectivity index is 1.52. The number of hydrogen-bond donors (Lipinski definition) is 1. The molecule has 1 N–H and O–H groups in total. The second kappa shape index (κ2) is 7.48. The average molecular weight is 368 g/mol. The Morgan fingerprint density at radius 1 is 1.30 bits per heavy atom. The van der Waals surface area contributed by atoms with E-state index in [9.17, 15) is 4.79 Å². The number of rotatable bonds is 6. The van der Waals surface area contributed by atoms with Gasteiger partial charge >= 0.3 is 0 Å². The van der Waals surface area contributed by atoms with Gasteiger partial charge in [-0.2, -0.15) is 0 Å². The molecule has 0 aliphatic carbocycles. The number of carbonyl (C=O) groups excluding carboxylic acids is 1. The highest BCUT2D eigenvalue weighted by molar-refractivity contribution is 5.99. The van der Waals surface area contributed by atoms with Gasteiger partial charge in [0.1, 0.15) is 17.1 Å². The van der Waals surface area contributed by atoms with Crippen LogP contribution in [-0.4, -0.2) is 37.6 Å². The van der Waals surface area contributed by atoms with Gasteiger partial charge in [-0.05, 0) is 63.2 Å². The van der Waals surface area contributed by atoms with Crippen LogP contribution >= 0.6 is 0 Å². The number of furan rings is 2. The number of carbonyl (C=O) groups is 1. The first-order chi connectivity index (χ1) is 13.2. The summed E-state index contributed by atoms with van der Waals surface area (Å²) in [4.78, 5) is 15.1. The zero-order valence-corrected chi connectivity index (χ0v) is 15.7. The highest BCUT2D eigenvalue weighted by Gasteiger charge is 2.27. The molecule has 2 aromatic heterocycles. The molecule has 0 bridgehead atoms. The molecule has 0 saturated carbocycles. The summed E-state index contributed by atoms with van der Waals surface area (Å²) in [6.07, 6.45) is 4.03. The number of methoxy groups -OCH3 is 1. The number of amides is 1. The standard InChI is InChI=1S/C21H24N2O4/c1-14-16-12-15(25-2)7-8-18(16)27-20(14)21(24)22-13-17(19-6-5-11-26-19)23-9-3-4-10-23/h5-8,11-12,17H,3-4,9-10,13H2,1-2H3,(H,22,24)/t17-/m1/s1. The molecule has 3 heterocycles. The van der Waals surface area contributed by atoms with Crippen molar-refractivity contribution in [1.29, 1.82) is 0 Å². The van der Waals surface area contributed by atoms with Crippen molar-refractivity contribution in [2.45, 2.75) is 25.8 Å². The predicted octanol–water partition coefficient (Wildman–Crippen LogP) is 3.91. The Labute approximate surface area is 158 Å². The summed E-state index contributed by atoms with van der Waals surface area (Å²) in [6.45, 7) is 4.41. The number of nitrogens with zero attached hydrogens (tertiary/aromatic N) is 1. The second-order valence-electron chi connectivity index (χ2n) is 6.90. The number of fused-ring (bicyclic) bond motifs is 1. The van der Waals surface area contributed by atoms with Gasteiger partial charge in [0, 0.05) is 17.5 Å². The van der Waals surface area contributed by atoms with Crippen LogP contribution in [0.5, 0.6) is 5.75 Å². The molecule has 1 aromatic carbocycles. The van der Waals surface area contributed by atoms with Gasteiger partial charge in [-0.1, -0.05) is 0 Å². The third kappa shape index (κ3) is 3.45. The Hall–Kier alpha value is -2.73. The first kappa shape index (κ1) is 17.7. The number of ether oxygens (including phenoxy) is 1. The van der Waals surface area contributed by atoms with E-state index in [0.717, 1.165) is 35.5 Å². The fraction of sp³-hybridized carbons (Fsp3) is 0.381. The number of benzene rings is 1. The molecule has 1 fully saturated rings. The minimum atomic E-state index is -0.210. The van der Waals surface area contributed by atoms with Gasteiger partial charge in [0.2, 0.25) is 0 Å². The molecular weight excluding hydrogens is 344 g/mol. The predicted molar refractivity (Wildman–Crippen MR) is 102 cm³/mol. The monoisotopic (exact) mass is 368 g/mol. The van der Waals surface area contributed by atoms with E-state index in [0.29, 0.717) is 17.9 Å². The summed E-state index contributed by atoms with van der Waals surface area (Å²) < 4.78 is 16.7. The largest absolute Gasteiger partial charge is 0.497 e. The maximum absolute atomic E-state index is 12.8. The highest BCUT2D eigenvalue weighted by atomic mass is 16.5. The Morgan fingerprint density at radius 2 is 2.11 bits per heavy atom. The van der Waals surface area contributed by atoms with Gasteiger partial charge in [-0.25, -0.2) is 0 Å². The molecule has 0 radical (unpaired) electrons. The lowest BCUT2D eigenvalue weighted by Gasteiger charge is -2.25. The minimum Gasteiger partial charge on any atom is -0.497 e. The molecule has 1 saturated heterocycles. The van der Waals surface area contributed by atoms with E-state index in [2.05, 4.69) is 10.2 Å². The van der Waals surface area contributed by atoms with E-state index >= 15 is 0 Å². The van der Waals surface area contributed by atoms with Crippen LogP contribution in [0.15, 0.2) is 45.4 Å². The van der Waals surface area contributed by atoms with Crippen molar-refractivity contribution in [3.8, 4) is 5.75 Å². The van der Waals surface area contributed by atoms with Gasteiger partial charge in [-0.15, -0.1) is 0 Å². The second-order valence-corrected chi connectivity index (χ2v) is 6.90. The van der Waals surface area contributed by atoms with Crippen molar-refractivity contribution < 1.29 is 18.4 Å². The van der Waals surface area contributed by atoms with E-state index in [1.807, 2.05) is 37.3 Å². The lowest BCUT2D eigenvalue weighted by molar-refractivity contribution is 0.0907. The molecule has 3 aromatic rings. The van der Waals surface area contributed by atoms with E-state index in [1.54, 1.807) is 13.4 Å². The summed E-state index contributed by atoms with van der Waals surface area (Å²) >= 11 is 0. The van der Waals surface area contributed by atoms with Crippen molar-refractivity contribution >= 4 is 16.9 Å². The third-order valence-corrected chi connectivity index (χ3v) is 5.26. The molecule has 1 atom stereocenters. The van der Waals surface area contributed by atoms with Crippen molar-refractivity contribution in [3.05, 3.63) is 53.7 Å². The molecule has 4 rings (SSSR count). The van der Waals surface area contributed by atoms with Gasteiger partial charge in [0.05, 0.1) is 19.4 Å². The number of likely N-dealkylation sites (tertiary alicyclic amines) is 1. The molecule has 0 spiro atoms. The third-order valence-electron chi connectivity index (χ3n) is 5.26. The first-order valence-electron chi connectivity index (χ1n) is 9.30. The van der Waals surface area contributed by atoms with E-state index in [4.69, 9.17) is 13.6 Å². The van der Waals surface area contributed by atoms with Crippen LogP contribution in [0.1, 0.15) is 40.8 Å². The SMILES string of the molecule is COc1ccc2oc(C(=O)NC[C@H](c3ccco3)N3CCCC3)c(C)c2c1. The van der Waals surface area contributed by atoms with Gasteiger partial charge < -0.3 is 18.9 Å². The maximum atomic E-state index is 12.8. The quantitative estimate of drug-likeness (QED) is 0.714. The molecule has 1 amide bonds. The molecule has 1 aliphatic rings. The average Bonchev–Trinajstić information content (AvgIpc) is 3.44. The number of aryl methyl sites for hydroxylation is 1. The zero-order valence-electron chi connectivity index (χ0n) is 15.7. The summed E-state index contributed by atoms with van der Waals surface area (Å²) in [5, 5.41) is 3.92. The van der Waals surface area contributed by atoms with Crippen molar-refractivity contribution in [2.24, 2.45) is 0 Å². The van der Waals surface area contributed by atoms with Gasteiger partial charge in [0.15, 0.2) is 5.76 Å². The molecule has 6 heteroatoms. The Morgan fingerprint density at radius 3 is 2.81 bits per heavy atom. The number of hydrogen-bond acceptors (Lipinski definition) is 5. The molecule has 6 nitrogen and oxygen atoms in total. The topological polar surface area (TPSA) is 67.8 Å². The lowest BCUT2D eigenvalue weighted by Crippen LogP contribution is -2.36. The van der Waals surface area contributed by atoms with Crippen LogP contribution in [-0.2, 0) is 0 Å². The van der Waals surface area contributed by atoms with Crippen LogP contribution in [0.25, 0.3) is 11.0 Å². The minimum absolute atomic E-state index is 0.0382. The normalized spacial score (nSPS) is 15.9. The van der Waals surface area contributed by atoms with Gasteiger partial charge in [-0.3, -0.25) is 9.69 Å². The molecular formula is C21H24N2O4. The highest BCUT2D eigenvalue weighted by Crippen LogP contribution is 2.29. The molecule has 27 heavy (non-hydrogen) atoms. The fourth-order valence-electron chi connectivity index (χ4n) is 3.76. The summed E-state index contributed by atoms with van der Waals surface area (Å²) in [6, 6.07) is 9.43. The van der Waals surface area contributed by atoms with E-state index in [1.165, 1.54) is 12.8 Å². The first-order valence-corrected chi connectivity index (χ1v) is 9.30. The summed E-state index contributed by atoms with van der Waals surface area (Å²) in [5.74, 6) is 1.75. The van der Waals surface area contributed by atoms with Crippen molar-refractivity contribution in [2.75, 3.05) is 26.7 Å². The van der Waals surface area contributed by atoms with Gasteiger partial charge in [0.25, 0.3) is 5.91 Å². The molecule has 0 unspecified atom stereocenters. The van der Waals surface area contributed by atoms with Crippen LogP contribution < -0.4 is 10.1 Å². The van der Waals surface area contributed by atoms with E-state index < -0.39 is 0 Å². The van der Waals surface area contributed by atoms with Crippen LogP contribution in [0.4, 0.5) is 0 Å². The fourth-order valence-corrected chi connectivity index (χ4v) is 3.76.